The van der Waals surface area contributed by atoms with E-state index in [1.807, 2.05) is 48.0 Å². The molecule has 0 unspecified atom stereocenters. The number of nitrogens with zero attached hydrogens (tertiary/aromatic N) is 3. The number of aromatic nitrogens is 3. The van der Waals surface area contributed by atoms with Gasteiger partial charge in [-0.05, 0) is 61.7 Å². The molecule has 178 valence electrons. The minimum Gasteiger partial charge on any atom is -0.352 e. The first-order valence-electron chi connectivity index (χ1n) is 11.8. The zero-order chi connectivity index (χ0) is 24.4. The van der Waals surface area contributed by atoms with Crippen molar-refractivity contribution < 1.29 is 9.59 Å². The number of pyridine rings is 1. The molecule has 5 rings (SSSR count). The lowest BCUT2D eigenvalue weighted by molar-refractivity contribution is -0.124. The van der Waals surface area contributed by atoms with Gasteiger partial charge < -0.3 is 10.6 Å². The SMILES string of the molecule is Cc1cc(-n2ncc3c(NC(=O)c4cc(CNC(=O)C5CCCC5)ccc4Cl)cccc32)ccn1. The normalized spacial score (nSPS) is 13.8. The number of carbonyl (C=O) groups is 2. The van der Waals surface area contributed by atoms with E-state index in [-0.39, 0.29) is 17.7 Å². The third kappa shape index (κ3) is 4.91. The Morgan fingerprint density at radius 1 is 1.11 bits per heavy atom. The number of fused-ring (bicyclic) bond motifs is 1. The molecule has 0 atom stereocenters. The van der Waals surface area contributed by atoms with Gasteiger partial charge in [0.15, 0.2) is 0 Å². The van der Waals surface area contributed by atoms with Crippen LogP contribution in [0.3, 0.4) is 0 Å². The molecule has 0 saturated heterocycles. The Balaban J connectivity index is 1.35. The number of hydrogen-bond acceptors (Lipinski definition) is 4. The number of carbonyl (C=O) groups excluding carboxylic acids is 2. The first-order chi connectivity index (χ1) is 17.0. The first kappa shape index (κ1) is 23.1. The van der Waals surface area contributed by atoms with Crippen molar-refractivity contribution in [3.63, 3.8) is 0 Å². The third-order valence-electron chi connectivity index (χ3n) is 6.45. The summed E-state index contributed by atoms with van der Waals surface area (Å²) in [5.74, 6) is -0.141. The van der Waals surface area contributed by atoms with Gasteiger partial charge in [0.2, 0.25) is 5.91 Å². The van der Waals surface area contributed by atoms with E-state index in [1.165, 1.54) is 0 Å². The molecule has 2 N–H and O–H groups in total. The molecule has 1 aliphatic rings. The molecule has 0 bridgehead atoms. The van der Waals surface area contributed by atoms with Crippen LogP contribution in [-0.4, -0.2) is 26.6 Å². The van der Waals surface area contributed by atoms with Crippen molar-refractivity contribution in [2.75, 3.05) is 5.32 Å². The highest BCUT2D eigenvalue weighted by Crippen LogP contribution is 2.28. The third-order valence-corrected chi connectivity index (χ3v) is 6.78. The van der Waals surface area contributed by atoms with Crippen molar-refractivity contribution in [3.05, 3.63) is 82.8 Å². The summed E-state index contributed by atoms with van der Waals surface area (Å²) in [7, 11) is 0. The van der Waals surface area contributed by atoms with E-state index in [0.29, 0.717) is 22.8 Å². The maximum atomic E-state index is 13.2. The van der Waals surface area contributed by atoms with E-state index in [4.69, 9.17) is 11.6 Å². The summed E-state index contributed by atoms with van der Waals surface area (Å²) >= 11 is 6.37. The molecule has 1 saturated carbocycles. The summed E-state index contributed by atoms with van der Waals surface area (Å²) in [5, 5.41) is 11.7. The van der Waals surface area contributed by atoms with Crippen LogP contribution in [0.25, 0.3) is 16.6 Å². The molecule has 0 spiro atoms. The van der Waals surface area contributed by atoms with E-state index in [9.17, 15) is 9.59 Å². The highest BCUT2D eigenvalue weighted by molar-refractivity contribution is 6.34. The molecule has 1 fully saturated rings. The number of halogens is 1. The average molecular weight is 488 g/mol. The highest BCUT2D eigenvalue weighted by atomic mass is 35.5. The summed E-state index contributed by atoms with van der Waals surface area (Å²) in [6.45, 7) is 2.29. The fourth-order valence-electron chi connectivity index (χ4n) is 4.60. The van der Waals surface area contributed by atoms with Crippen LogP contribution in [0.4, 0.5) is 5.69 Å². The number of anilines is 1. The van der Waals surface area contributed by atoms with Crippen molar-refractivity contribution in [1.29, 1.82) is 0 Å². The minimum atomic E-state index is -0.320. The summed E-state index contributed by atoms with van der Waals surface area (Å²) in [6.07, 6.45) is 7.59. The van der Waals surface area contributed by atoms with E-state index >= 15 is 0 Å². The molecular formula is C27H26ClN5O2. The zero-order valence-electron chi connectivity index (χ0n) is 19.4. The Kier molecular flexibility index (Phi) is 6.51. The van der Waals surface area contributed by atoms with E-state index < -0.39 is 0 Å². The van der Waals surface area contributed by atoms with Crippen molar-refractivity contribution in [3.8, 4) is 5.69 Å². The van der Waals surface area contributed by atoms with Gasteiger partial charge in [0.05, 0.1) is 33.7 Å². The molecule has 2 amide bonds. The quantitative estimate of drug-likeness (QED) is 0.379. The smallest absolute Gasteiger partial charge is 0.257 e. The molecular weight excluding hydrogens is 462 g/mol. The predicted octanol–water partition coefficient (Wildman–Crippen LogP) is 5.44. The Morgan fingerprint density at radius 2 is 1.94 bits per heavy atom. The summed E-state index contributed by atoms with van der Waals surface area (Å²) in [5.41, 5.74) is 4.47. The van der Waals surface area contributed by atoms with Crippen LogP contribution in [-0.2, 0) is 11.3 Å². The number of nitrogens with one attached hydrogen (secondary N) is 2. The lowest BCUT2D eigenvalue weighted by Crippen LogP contribution is -2.28. The van der Waals surface area contributed by atoms with Crippen LogP contribution in [0.2, 0.25) is 5.02 Å². The monoisotopic (exact) mass is 487 g/mol. The molecule has 35 heavy (non-hydrogen) atoms. The number of amides is 2. The van der Waals surface area contributed by atoms with E-state index in [1.54, 1.807) is 24.5 Å². The van der Waals surface area contributed by atoms with Gasteiger partial charge in [-0.15, -0.1) is 0 Å². The average Bonchev–Trinajstić information content (AvgIpc) is 3.54. The van der Waals surface area contributed by atoms with Crippen molar-refractivity contribution >= 4 is 40.0 Å². The first-order valence-corrected chi connectivity index (χ1v) is 12.1. The fraction of sp³-hybridized carbons (Fsp3) is 0.259. The van der Waals surface area contributed by atoms with Crippen LogP contribution in [0.1, 0.15) is 47.3 Å². The lowest BCUT2D eigenvalue weighted by Gasteiger charge is -2.12. The molecule has 1 aliphatic carbocycles. The fourth-order valence-corrected chi connectivity index (χ4v) is 4.80. The molecule has 4 aromatic rings. The summed E-state index contributed by atoms with van der Waals surface area (Å²) in [6, 6.07) is 14.8. The molecule has 0 aliphatic heterocycles. The number of benzene rings is 2. The van der Waals surface area contributed by atoms with Gasteiger partial charge in [0.1, 0.15) is 0 Å². The van der Waals surface area contributed by atoms with Gasteiger partial charge in [-0.25, -0.2) is 4.68 Å². The Morgan fingerprint density at radius 3 is 2.74 bits per heavy atom. The van der Waals surface area contributed by atoms with Crippen LogP contribution >= 0.6 is 11.6 Å². The van der Waals surface area contributed by atoms with E-state index in [2.05, 4.69) is 20.7 Å². The predicted molar refractivity (Wildman–Crippen MR) is 137 cm³/mol. The highest BCUT2D eigenvalue weighted by Gasteiger charge is 2.22. The molecule has 0 radical (unpaired) electrons. The van der Waals surface area contributed by atoms with Gasteiger partial charge in [-0.3, -0.25) is 14.6 Å². The van der Waals surface area contributed by atoms with E-state index in [0.717, 1.165) is 53.5 Å². The van der Waals surface area contributed by atoms with Crippen molar-refractivity contribution in [2.24, 2.45) is 5.92 Å². The second-order valence-electron chi connectivity index (χ2n) is 8.92. The number of hydrogen-bond donors (Lipinski definition) is 2. The van der Waals surface area contributed by atoms with Crippen molar-refractivity contribution in [1.82, 2.24) is 20.1 Å². The van der Waals surface area contributed by atoms with Crippen molar-refractivity contribution in [2.45, 2.75) is 39.2 Å². The summed E-state index contributed by atoms with van der Waals surface area (Å²) in [4.78, 5) is 29.8. The zero-order valence-corrected chi connectivity index (χ0v) is 20.2. The van der Waals surface area contributed by atoms with Crippen LogP contribution < -0.4 is 10.6 Å². The number of rotatable bonds is 6. The number of aryl methyl sites for hydroxylation is 1. The molecule has 2 heterocycles. The maximum Gasteiger partial charge on any atom is 0.257 e. The molecule has 2 aromatic heterocycles. The molecule has 2 aromatic carbocycles. The van der Waals surface area contributed by atoms with Crippen LogP contribution in [0.5, 0.6) is 0 Å². The van der Waals surface area contributed by atoms with Gasteiger partial charge in [0.25, 0.3) is 5.91 Å². The Bertz CT molecular complexity index is 1410. The second kappa shape index (κ2) is 9.88. The van der Waals surface area contributed by atoms with Crippen LogP contribution in [0.15, 0.2) is 60.9 Å². The van der Waals surface area contributed by atoms with Crippen LogP contribution in [0, 0.1) is 12.8 Å². The van der Waals surface area contributed by atoms with Gasteiger partial charge in [0, 0.05) is 29.7 Å². The maximum absolute atomic E-state index is 13.2. The second-order valence-corrected chi connectivity index (χ2v) is 9.32. The van der Waals surface area contributed by atoms with Gasteiger partial charge >= 0.3 is 0 Å². The Labute approximate surface area is 208 Å². The molecule has 8 heteroatoms. The minimum absolute atomic E-state index is 0.0801. The molecule has 7 nitrogen and oxygen atoms in total. The van der Waals surface area contributed by atoms with Gasteiger partial charge in [-0.2, -0.15) is 5.10 Å². The summed E-state index contributed by atoms with van der Waals surface area (Å²) < 4.78 is 1.82. The topological polar surface area (TPSA) is 88.9 Å². The Hall–Kier alpha value is -3.71. The largest absolute Gasteiger partial charge is 0.352 e. The standard InChI is InChI=1S/C27H26ClN5O2/c1-17-13-20(11-12-29-17)33-25-8-4-7-24(22(25)16-31-33)32-27(35)21-14-18(9-10-23(21)28)15-30-26(34)19-5-2-3-6-19/h4,7-14,16,19H,2-3,5-6,15H2,1H3,(H,30,34)(H,32,35). The lowest BCUT2D eigenvalue weighted by atomic mass is 10.1. The van der Waals surface area contributed by atoms with Gasteiger partial charge in [-0.1, -0.05) is 36.6 Å².